The van der Waals surface area contributed by atoms with Crippen LogP contribution in [0.4, 0.5) is 10.5 Å². The molecule has 0 saturated heterocycles. The maximum Gasteiger partial charge on any atom is 0.407 e. The van der Waals surface area contributed by atoms with Gasteiger partial charge in [0.1, 0.15) is 5.60 Å². The summed E-state index contributed by atoms with van der Waals surface area (Å²) in [4.78, 5) is 28.0. The van der Waals surface area contributed by atoms with E-state index in [0.29, 0.717) is 24.6 Å². The molecule has 1 N–H and O–H groups in total. The van der Waals surface area contributed by atoms with Crippen molar-refractivity contribution in [3.05, 3.63) is 90.0 Å². The van der Waals surface area contributed by atoms with Crippen LogP contribution in [0.3, 0.4) is 0 Å². The molecule has 0 aromatic heterocycles. The summed E-state index contributed by atoms with van der Waals surface area (Å²) in [6, 6.07) is 28.0. The highest BCUT2D eigenvalue weighted by Gasteiger charge is 2.30. The molecule has 6 heteroatoms. The fourth-order valence-corrected chi connectivity index (χ4v) is 5.25. The van der Waals surface area contributed by atoms with Gasteiger partial charge in [0, 0.05) is 24.7 Å². The molecule has 40 heavy (non-hydrogen) atoms. The Kier molecular flexibility index (Phi) is 9.60. The van der Waals surface area contributed by atoms with Crippen molar-refractivity contribution in [1.82, 2.24) is 5.32 Å². The average molecular weight is 538 g/mol. The van der Waals surface area contributed by atoms with Gasteiger partial charge in [-0.25, -0.2) is 4.79 Å². The number of ether oxygens (including phenoxy) is 1. The molecule has 2 amide bonds. The highest BCUT2D eigenvalue weighted by atomic mass is 16.6. The molecule has 0 radical (unpaired) electrons. The highest BCUT2D eigenvalue weighted by molar-refractivity contribution is 5.95. The summed E-state index contributed by atoms with van der Waals surface area (Å²) in [6.07, 6.45) is 3.74. The summed E-state index contributed by atoms with van der Waals surface area (Å²) in [5.74, 6) is 0.432. The van der Waals surface area contributed by atoms with Crippen LogP contribution in [0.25, 0.3) is 11.1 Å². The van der Waals surface area contributed by atoms with Gasteiger partial charge in [0.25, 0.3) is 0 Å². The van der Waals surface area contributed by atoms with Gasteiger partial charge in [-0.2, -0.15) is 5.26 Å². The van der Waals surface area contributed by atoms with Gasteiger partial charge in [0.2, 0.25) is 5.91 Å². The Hall–Kier alpha value is -4.11. The molecule has 3 aromatic carbocycles. The molecule has 0 heterocycles. The normalized spacial score (nSPS) is 16.9. The van der Waals surface area contributed by atoms with Crippen molar-refractivity contribution < 1.29 is 14.3 Å². The van der Waals surface area contributed by atoms with Crippen molar-refractivity contribution in [2.45, 2.75) is 58.5 Å². The van der Waals surface area contributed by atoms with Gasteiger partial charge in [-0.1, -0.05) is 54.6 Å². The Labute approximate surface area is 238 Å². The number of carbonyl (C=O) groups excluding carboxylic acids is 2. The van der Waals surface area contributed by atoms with E-state index in [1.807, 2.05) is 80.3 Å². The number of nitrogens with one attached hydrogen (secondary N) is 1. The zero-order valence-electron chi connectivity index (χ0n) is 23.7. The molecule has 0 atom stereocenters. The summed E-state index contributed by atoms with van der Waals surface area (Å²) in [5, 5.41) is 12.2. The number of anilines is 1. The minimum Gasteiger partial charge on any atom is -0.444 e. The number of rotatable bonds is 8. The van der Waals surface area contributed by atoms with Crippen LogP contribution in [-0.2, 0) is 16.0 Å². The third kappa shape index (κ3) is 8.19. The molecule has 1 aliphatic rings. The number of hydrogen-bond donors (Lipinski definition) is 1. The van der Waals surface area contributed by atoms with E-state index in [1.165, 1.54) is 5.56 Å². The standard InChI is InChI=1S/C34H39N3O3/c1-34(2,3)40-33(39)36-24-26-15-17-28(18-16-26)32(38)37(20-19-25-9-5-4-6-10-25)31-14-8-13-30(22-31)29-12-7-11-27(21-29)23-35/h4-14,21-22,26,28H,15-20,24H2,1-3H3,(H,36,39). The third-order valence-corrected chi connectivity index (χ3v) is 7.35. The second-order valence-corrected chi connectivity index (χ2v) is 11.6. The number of carbonyl (C=O) groups is 2. The van der Waals surface area contributed by atoms with Gasteiger partial charge in [0.15, 0.2) is 0 Å². The van der Waals surface area contributed by atoms with Crippen molar-refractivity contribution in [2.24, 2.45) is 11.8 Å². The SMILES string of the molecule is CC(C)(C)OC(=O)NCC1CCC(C(=O)N(CCc2ccccc2)c2cccc(-c3cccc(C#N)c3)c2)CC1. The first-order chi connectivity index (χ1) is 19.2. The smallest absolute Gasteiger partial charge is 0.407 e. The van der Waals surface area contributed by atoms with Crippen molar-refractivity contribution in [2.75, 3.05) is 18.0 Å². The first-order valence-corrected chi connectivity index (χ1v) is 14.1. The molecule has 0 unspecified atom stereocenters. The van der Waals surface area contributed by atoms with Crippen LogP contribution in [-0.4, -0.2) is 30.7 Å². The second kappa shape index (κ2) is 13.3. The van der Waals surface area contributed by atoms with E-state index < -0.39 is 11.7 Å². The minimum atomic E-state index is -0.521. The predicted molar refractivity (Wildman–Crippen MR) is 159 cm³/mol. The van der Waals surface area contributed by atoms with Crippen LogP contribution < -0.4 is 10.2 Å². The monoisotopic (exact) mass is 537 g/mol. The van der Waals surface area contributed by atoms with Crippen molar-refractivity contribution in [3.63, 3.8) is 0 Å². The molecular formula is C34H39N3O3. The van der Waals surface area contributed by atoms with Crippen LogP contribution in [0.1, 0.15) is 57.6 Å². The minimum absolute atomic E-state index is 0.0564. The van der Waals surface area contributed by atoms with E-state index in [4.69, 9.17) is 4.74 Å². The number of hydrogen-bond acceptors (Lipinski definition) is 4. The van der Waals surface area contributed by atoms with Crippen molar-refractivity contribution >= 4 is 17.7 Å². The van der Waals surface area contributed by atoms with Crippen LogP contribution >= 0.6 is 0 Å². The van der Waals surface area contributed by atoms with Crippen LogP contribution in [0.2, 0.25) is 0 Å². The Morgan fingerprint density at radius 3 is 2.27 bits per heavy atom. The second-order valence-electron chi connectivity index (χ2n) is 11.6. The number of amides is 2. The number of nitrogens with zero attached hydrogens (tertiary/aromatic N) is 2. The lowest BCUT2D eigenvalue weighted by Gasteiger charge is -2.33. The highest BCUT2D eigenvalue weighted by Crippen LogP contribution is 2.33. The Morgan fingerprint density at radius 2 is 1.60 bits per heavy atom. The summed E-state index contributed by atoms with van der Waals surface area (Å²) in [6.45, 7) is 6.71. The fraction of sp³-hybridized carbons (Fsp3) is 0.382. The van der Waals surface area contributed by atoms with Crippen molar-refractivity contribution in [3.8, 4) is 17.2 Å². The van der Waals surface area contributed by atoms with E-state index >= 15 is 0 Å². The molecular weight excluding hydrogens is 498 g/mol. The number of alkyl carbamates (subject to hydrolysis) is 1. The zero-order valence-corrected chi connectivity index (χ0v) is 23.7. The van der Waals surface area contributed by atoms with Gasteiger partial charge in [-0.05, 0) is 99.7 Å². The molecule has 0 bridgehead atoms. The molecule has 208 valence electrons. The quantitative estimate of drug-likeness (QED) is 0.331. The zero-order chi connectivity index (χ0) is 28.5. The van der Waals surface area contributed by atoms with Crippen molar-refractivity contribution in [1.29, 1.82) is 5.26 Å². The molecule has 6 nitrogen and oxygen atoms in total. The molecule has 1 saturated carbocycles. The fourth-order valence-electron chi connectivity index (χ4n) is 5.25. The van der Waals surface area contributed by atoms with Crippen LogP contribution in [0, 0.1) is 23.2 Å². The maximum absolute atomic E-state index is 14.0. The topological polar surface area (TPSA) is 82.4 Å². The van der Waals surface area contributed by atoms with E-state index in [2.05, 4.69) is 29.6 Å². The lowest BCUT2D eigenvalue weighted by molar-refractivity contribution is -0.123. The number of nitriles is 1. The lowest BCUT2D eigenvalue weighted by atomic mass is 9.81. The largest absolute Gasteiger partial charge is 0.444 e. The van der Waals surface area contributed by atoms with E-state index in [1.54, 1.807) is 6.07 Å². The molecule has 3 aromatic rings. The first kappa shape index (κ1) is 28.9. The van der Waals surface area contributed by atoms with Crippen LogP contribution in [0.5, 0.6) is 0 Å². The average Bonchev–Trinajstić information content (AvgIpc) is 2.96. The third-order valence-electron chi connectivity index (χ3n) is 7.35. The van der Waals surface area contributed by atoms with E-state index in [-0.39, 0.29) is 11.8 Å². The van der Waals surface area contributed by atoms with Gasteiger partial charge >= 0.3 is 6.09 Å². The summed E-state index contributed by atoms with van der Waals surface area (Å²) >= 11 is 0. The predicted octanol–water partition coefficient (Wildman–Crippen LogP) is 7.13. The van der Waals surface area contributed by atoms with Gasteiger partial charge in [-0.15, -0.1) is 0 Å². The molecule has 4 rings (SSSR count). The van der Waals surface area contributed by atoms with Gasteiger partial charge in [0.05, 0.1) is 11.6 Å². The molecule has 1 fully saturated rings. The first-order valence-electron chi connectivity index (χ1n) is 14.1. The Balaban J connectivity index is 1.46. The van der Waals surface area contributed by atoms with E-state index in [0.717, 1.165) is 48.9 Å². The summed E-state index contributed by atoms with van der Waals surface area (Å²) in [7, 11) is 0. The maximum atomic E-state index is 14.0. The van der Waals surface area contributed by atoms with E-state index in [9.17, 15) is 14.9 Å². The Morgan fingerprint density at radius 1 is 0.925 bits per heavy atom. The summed E-state index contributed by atoms with van der Waals surface area (Å²) in [5.41, 5.74) is 4.08. The number of benzene rings is 3. The molecule has 0 spiro atoms. The van der Waals surface area contributed by atoms with Crippen LogP contribution in [0.15, 0.2) is 78.9 Å². The van der Waals surface area contributed by atoms with Gasteiger partial charge in [-0.3, -0.25) is 4.79 Å². The molecule has 0 aliphatic heterocycles. The lowest BCUT2D eigenvalue weighted by Crippen LogP contribution is -2.40. The molecule has 1 aliphatic carbocycles. The Bertz CT molecular complexity index is 1330. The summed E-state index contributed by atoms with van der Waals surface area (Å²) < 4.78 is 5.36. The van der Waals surface area contributed by atoms with Gasteiger partial charge < -0.3 is 15.0 Å².